The van der Waals surface area contributed by atoms with E-state index in [1.165, 1.54) is 0 Å². The molecule has 1 heterocycles. The van der Waals surface area contributed by atoms with Gasteiger partial charge in [-0.3, -0.25) is 4.79 Å². The summed E-state index contributed by atoms with van der Waals surface area (Å²) in [7, 11) is 1.81. The minimum Gasteiger partial charge on any atom is -0.315 e. The van der Waals surface area contributed by atoms with Gasteiger partial charge in [-0.05, 0) is 41.0 Å². The van der Waals surface area contributed by atoms with E-state index in [9.17, 15) is 4.79 Å². The van der Waals surface area contributed by atoms with Crippen LogP contribution in [0.3, 0.4) is 0 Å². The molecular weight excluding hydrogens is 417 g/mol. The van der Waals surface area contributed by atoms with Crippen LogP contribution in [0.1, 0.15) is 21.5 Å². The SMILES string of the molecule is CN1C(=O)Cc2cc(C(Br)c3cc(Br)ccc3Cl)ccc21. The normalized spacial score (nSPS) is 15.2. The van der Waals surface area contributed by atoms with Crippen molar-refractivity contribution in [2.24, 2.45) is 0 Å². The molecule has 5 heteroatoms. The van der Waals surface area contributed by atoms with Crippen LogP contribution >= 0.6 is 43.5 Å². The number of halogens is 3. The standard InChI is InChI=1S/C16H12Br2ClNO/c1-20-14-5-2-9(6-10(14)7-15(20)21)16(18)12-8-11(17)3-4-13(12)19/h2-6,8,16H,7H2,1H3. The number of benzene rings is 2. The number of carbonyl (C=O) groups is 1. The largest absolute Gasteiger partial charge is 0.315 e. The molecule has 1 amide bonds. The van der Waals surface area contributed by atoms with Gasteiger partial charge in [0.15, 0.2) is 0 Å². The van der Waals surface area contributed by atoms with E-state index in [-0.39, 0.29) is 10.7 Å². The lowest BCUT2D eigenvalue weighted by Gasteiger charge is -2.15. The quantitative estimate of drug-likeness (QED) is 0.608. The lowest BCUT2D eigenvalue weighted by atomic mass is 10.0. The first-order valence-corrected chi connectivity index (χ1v) is 8.54. The predicted molar refractivity (Wildman–Crippen MR) is 93.5 cm³/mol. The second kappa shape index (κ2) is 5.75. The van der Waals surface area contributed by atoms with Crippen LogP contribution in [0, 0.1) is 0 Å². The van der Waals surface area contributed by atoms with Crippen LogP contribution in [0.25, 0.3) is 0 Å². The van der Waals surface area contributed by atoms with E-state index in [0.29, 0.717) is 11.4 Å². The average molecular weight is 430 g/mol. The van der Waals surface area contributed by atoms with Crippen molar-refractivity contribution in [3.05, 3.63) is 62.6 Å². The molecule has 1 atom stereocenters. The van der Waals surface area contributed by atoms with Gasteiger partial charge in [-0.25, -0.2) is 0 Å². The number of hydrogen-bond donors (Lipinski definition) is 0. The molecule has 0 bridgehead atoms. The Morgan fingerprint density at radius 1 is 1.24 bits per heavy atom. The van der Waals surface area contributed by atoms with Crippen LogP contribution in [0.5, 0.6) is 0 Å². The lowest BCUT2D eigenvalue weighted by Crippen LogP contribution is -2.20. The molecule has 108 valence electrons. The van der Waals surface area contributed by atoms with E-state index < -0.39 is 0 Å². The average Bonchev–Trinajstić information content (AvgIpc) is 2.75. The maximum absolute atomic E-state index is 11.8. The molecule has 1 aliphatic heterocycles. The van der Waals surface area contributed by atoms with Gasteiger partial charge in [-0.2, -0.15) is 0 Å². The highest BCUT2D eigenvalue weighted by Gasteiger charge is 2.25. The summed E-state index contributed by atoms with van der Waals surface area (Å²) in [4.78, 5) is 13.5. The van der Waals surface area contributed by atoms with Crippen molar-refractivity contribution < 1.29 is 4.79 Å². The zero-order valence-electron chi connectivity index (χ0n) is 11.2. The van der Waals surface area contributed by atoms with Gasteiger partial charge in [-0.15, -0.1) is 0 Å². The lowest BCUT2D eigenvalue weighted by molar-refractivity contribution is -0.117. The topological polar surface area (TPSA) is 20.3 Å². The molecule has 2 aromatic carbocycles. The molecule has 21 heavy (non-hydrogen) atoms. The molecule has 0 saturated heterocycles. The molecule has 0 radical (unpaired) electrons. The number of fused-ring (bicyclic) bond motifs is 1. The van der Waals surface area contributed by atoms with Gasteiger partial charge in [0, 0.05) is 22.2 Å². The summed E-state index contributed by atoms with van der Waals surface area (Å²) in [6.45, 7) is 0. The van der Waals surface area contributed by atoms with Crippen molar-refractivity contribution in [2.75, 3.05) is 11.9 Å². The highest BCUT2D eigenvalue weighted by molar-refractivity contribution is 9.10. The van der Waals surface area contributed by atoms with Crippen LogP contribution in [-0.4, -0.2) is 13.0 Å². The first-order valence-electron chi connectivity index (χ1n) is 6.46. The molecule has 0 saturated carbocycles. The highest BCUT2D eigenvalue weighted by atomic mass is 79.9. The summed E-state index contributed by atoms with van der Waals surface area (Å²) in [5.41, 5.74) is 4.15. The molecule has 0 N–H and O–H groups in total. The number of carbonyl (C=O) groups excluding carboxylic acids is 1. The van der Waals surface area contributed by atoms with Crippen molar-refractivity contribution in [1.29, 1.82) is 0 Å². The van der Waals surface area contributed by atoms with E-state index in [1.807, 2.05) is 37.4 Å². The van der Waals surface area contributed by atoms with Crippen LogP contribution in [0.2, 0.25) is 5.02 Å². The zero-order chi connectivity index (χ0) is 15.1. The Kier molecular flexibility index (Phi) is 4.12. The molecule has 1 aliphatic rings. The molecule has 0 aromatic heterocycles. The fourth-order valence-corrected chi connectivity index (χ4v) is 3.94. The van der Waals surface area contributed by atoms with Crippen LogP contribution < -0.4 is 4.90 Å². The van der Waals surface area contributed by atoms with E-state index in [0.717, 1.165) is 26.9 Å². The Bertz CT molecular complexity index is 732. The fourth-order valence-electron chi connectivity index (χ4n) is 2.54. The highest BCUT2D eigenvalue weighted by Crippen LogP contribution is 2.39. The number of likely N-dealkylation sites (N-methyl/N-ethyl adjacent to an activating group) is 1. The Labute approximate surface area is 145 Å². The van der Waals surface area contributed by atoms with E-state index in [1.54, 1.807) is 4.90 Å². The number of rotatable bonds is 2. The van der Waals surface area contributed by atoms with Gasteiger partial charge < -0.3 is 4.90 Å². The predicted octanol–water partition coefficient (Wildman–Crippen LogP) is 5.11. The Morgan fingerprint density at radius 3 is 2.76 bits per heavy atom. The minimum absolute atomic E-state index is 0.00573. The van der Waals surface area contributed by atoms with Gasteiger partial charge in [-0.1, -0.05) is 55.6 Å². The van der Waals surface area contributed by atoms with Gasteiger partial charge in [0.1, 0.15) is 0 Å². The van der Waals surface area contributed by atoms with Gasteiger partial charge >= 0.3 is 0 Å². The molecular formula is C16H12Br2ClNO. The van der Waals surface area contributed by atoms with Crippen molar-refractivity contribution in [3.8, 4) is 0 Å². The zero-order valence-corrected chi connectivity index (χ0v) is 15.2. The Hall–Kier alpha value is -0.840. The van der Waals surface area contributed by atoms with Gasteiger partial charge in [0.2, 0.25) is 5.91 Å². The molecule has 0 aliphatic carbocycles. The van der Waals surface area contributed by atoms with E-state index in [2.05, 4.69) is 37.9 Å². The van der Waals surface area contributed by atoms with Crippen LogP contribution in [-0.2, 0) is 11.2 Å². The first-order chi connectivity index (χ1) is 9.97. The third-order valence-corrected chi connectivity index (χ3v) is 5.56. The van der Waals surface area contributed by atoms with Gasteiger partial charge in [0.05, 0.1) is 11.2 Å². The second-order valence-electron chi connectivity index (χ2n) is 5.05. The Balaban J connectivity index is 2.00. The monoisotopic (exact) mass is 427 g/mol. The number of anilines is 1. The van der Waals surface area contributed by atoms with E-state index in [4.69, 9.17) is 11.6 Å². The van der Waals surface area contributed by atoms with Crippen LogP contribution in [0.4, 0.5) is 5.69 Å². The van der Waals surface area contributed by atoms with Crippen molar-refractivity contribution in [1.82, 2.24) is 0 Å². The van der Waals surface area contributed by atoms with Crippen molar-refractivity contribution in [2.45, 2.75) is 11.2 Å². The maximum Gasteiger partial charge on any atom is 0.231 e. The molecule has 3 rings (SSSR count). The number of amides is 1. The number of nitrogens with zero attached hydrogens (tertiary/aromatic N) is 1. The van der Waals surface area contributed by atoms with E-state index >= 15 is 0 Å². The summed E-state index contributed by atoms with van der Waals surface area (Å²) >= 11 is 13.5. The van der Waals surface area contributed by atoms with Crippen molar-refractivity contribution >= 4 is 55.1 Å². The number of alkyl halides is 1. The second-order valence-corrected chi connectivity index (χ2v) is 7.28. The summed E-state index contributed by atoms with van der Waals surface area (Å²) < 4.78 is 0.988. The third kappa shape index (κ3) is 2.77. The summed E-state index contributed by atoms with van der Waals surface area (Å²) in [6.07, 6.45) is 0.464. The molecule has 2 nitrogen and oxygen atoms in total. The summed E-state index contributed by atoms with van der Waals surface area (Å²) in [5.74, 6) is 0.133. The fraction of sp³-hybridized carbons (Fsp3) is 0.188. The van der Waals surface area contributed by atoms with Crippen molar-refractivity contribution in [3.63, 3.8) is 0 Å². The molecule has 2 aromatic rings. The maximum atomic E-state index is 11.8. The van der Waals surface area contributed by atoms with Crippen LogP contribution in [0.15, 0.2) is 40.9 Å². The minimum atomic E-state index is -0.00573. The summed E-state index contributed by atoms with van der Waals surface area (Å²) in [6, 6.07) is 11.9. The molecule has 1 unspecified atom stereocenters. The number of hydrogen-bond acceptors (Lipinski definition) is 1. The summed E-state index contributed by atoms with van der Waals surface area (Å²) in [5, 5.41) is 0.716. The van der Waals surface area contributed by atoms with Gasteiger partial charge in [0.25, 0.3) is 0 Å². The smallest absolute Gasteiger partial charge is 0.231 e. The third-order valence-electron chi connectivity index (χ3n) is 3.70. The molecule has 0 spiro atoms. The Morgan fingerprint density at radius 2 is 2.00 bits per heavy atom. The first kappa shape index (κ1) is 15.1. The molecule has 0 fully saturated rings.